The average Bonchev–Trinajstić information content (AvgIpc) is 2.26. The van der Waals surface area contributed by atoms with E-state index in [1.54, 1.807) is 0 Å². The predicted octanol–water partition coefficient (Wildman–Crippen LogP) is 1.91. The SMILES string of the molecule is C=CCN(C(=O)C(=O)O)c1c(C)cccc1C. The summed E-state index contributed by atoms with van der Waals surface area (Å²) in [5.41, 5.74) is 2.36. The van der Waals surface area contributed by atoms with Gasteiger partial charge in [-0.2, -0.15) is 0 Å². The molecule has 0 bridgehead atoms. The van der Waals surface area contributed by atoms with Crippen LogP contribution in [-0.4, -0.2) is 23.5 Å². The first-order chi connectivity index (χ1) is 7.99. The van der Waals surface area contributed by atoms with Crippen LogP contribution < -0.4 is 4.90 Å². The summed E-state index contributed by atoms with van der Waals surface area (Å²) < 4.78 is 0. The van der Waals surface area contributed by atoms with Crippen molar-refractivity contribution in [2.24, 2.45) is 0 Å². The lowest BCUT2D eigenvalue weighted by molar-refractivity contribution is -0.148. The number of hydrogen-bond donors (Lipinski definition) is 1. The Bertz CT molecular complexity index is 445. The van der Waals surface area contributed by atoms with Crippen LogP contribution in [0.15, 0.2) is 30.9 Å². The second kappa shape index (κ2) is 5.30. The summed E-state index contributed by atoms with van der Waals surface area (Å²) in [6.45, 7) is 7.40. The Balaban J connectivity index is 3.27. The van der Waals surface area contributed by atoms with Crippen LogP contribution in [0.3, 0.4) is 0 Å². The maximum absolute atomic E-state index is 11.6. The number of carbonyl (C=O) groups excluding carboxylic acids is 1. The quantitative estimate of drug-likeness (QED) is 0.641. The van der Waals surface area contributed by atoms with Crippen molar-refractivity contribution in [1.82, 2.24) is 0 Å². The van der Waals surface area contributed by atoms with Gasteiger partial charge in [0, 0.05) is 6.54 Å². The van der Waals surface area contributed by atoms with Crippen molar-refractivity contribution < 1.29 is 14.7 Å². The Labute approximate surface area is 100 Å². The van der Waals surface area contributed by atoms with Crippen molar-refractivity contribution in [3.05, 3.63) is 42.0 Å². The standard InChI is InChI=1S/C13H15NO3/c1-4-8-14(12(15)13(16)17)11-9(2)6-5-7-10(11)3/h4-7H,1,8H2,2-3H3,(H,16,17). The molecule has 4 nitrogen and oxygen atoms in total. The van der Waals surface area contributed by atoms with Crippen LogP contribution in [0.4, 0.5) is 5.69 Å². The highest BCUT2D eigenvalue weighted by molar-refractivity contribution is 6.37. The Hall–Kier alpha value is -2.10. The van der Waals surface area contributed by atoms with Crippen LogP contribution in [-0.2, 0) is 9.59 Å². The fourth-order valence-electron chi connectivity index (χ4n) is 1.75. The van der Waals surface area contributed by atoms with Gasteiger partial charge in [0.2, 0.25) is 0 Å². The molecule has 1 amide bonds. The first-order valence-electron chi connectivity index (χ1n) is 5.21. The summed E-state index contributed by atoms with van der Waals surface area (Å²) in [5, 5.41) is 8.80. The molecule has 0 aromatic heterocycles. The smallest absolute Gasteiger partial charge is 0.394 e. The molecule has 1 N–H and O–H groups in total. The Kier molecular flexibility index (Phi) is 4.04. The van der Waals surface area contributed by atoms with Gasteiger partial charge in [-0.25, -0.2) is 4.79 Å². The third-order valence-electron chi connectivity index (χ3n) is 2.45. The van der Waals surface area contributed by atoms with Gasteiger partial charge >= 0.3 is 11.9 Å². The minimum absolute atomic E-state index is 0.177. The van der Waals surface area contributed by atoms with Crippen molar-refractivity contribution in [3.8, 4) is 0 Å². The summed E-state index contributed by atoms with van der Waals surface area (Å²) in [4.78, 5) is 23.6. The van der Waals surface area contributed by atoms with Crippen LogP contribution in [0.25, 0.3) is 0 Å². The van der Waals surface area contributed by atoms with E-state index in [1.165, 1.54) is 11.0 Å². The normalized spacial score (nSPS) is 9.76. The maximum atomic E-state index is 11.6. The number of rotatable bonds is 3. The third kappa shape index (κ3) is 2.72. The topological polar surface area (TPSA) is 57.6 Å². The molecule has 1 rings (SSSR count). The molecule has 0 saturated heterocycles. The molecule has 0 radical (unpaired) electrons. The number of aryl methyl sites for hydroxylation is 2. The first kappa shape index (κ1) is 13.0. The largest absolute Gasteiger partial charge is 0.474 e. The number of carbonyl (C=O) groups is 2. The lowest BCUT2D eigenvalue weighted by Crippen LogP contribution is -2.37. The van der Waals surface area contributed by atoms with Gasteiger partial charge in [-0.3, -0.25) is 9.69 Å². The number of para-hydroxylation sites is 1. The molecule has 0 spiro atoms. The molecular weight excluding hydrogens is 218 g/mol. The highest BCUT2D eigenvalue weighted by Crippen LogP contribution is 2.24. The van der Waals surface area contributed by atoms with Gasteiger partial charge in [0.15, 0.2) is 0 Å². The van der Waals surface area contributed by atoms with Crippen LogP contribution in [0.1, 0.15) is 11.1 Å². The molecule has 4 heteroatoms. The Morgan fingerprint density at radius 3 is 2.29 bits per heavy atom. The zero-order valence-corrected chi connectivity index (χ0v) is 9.93. The number of hydrogen-bond acceptors (Lipinski definition) is 2. The minimum atomic E-state index is -1.46. The summed E-state index contributed by atoms with van der Waals surface area (Å²) in [7, 11) is 0. The van der Waals surface area contributed by atoms with E-state index in [0.29, 0.717) is 5.69 Å². The van der Waals surface area contributed by atoms with Crippen molar-refractivity contribution in [3.63, 3.8) is 0 Å². The predicted molar refractivity (Wildman–Crippen MR) is 66.1 cm³/mol. The van der Waals surface area contributed by atoms with E-state index in [2.05, 4.69) is 6.58 Å². The molecule has 0 aliphatic heterocycles. The Morgan fingerprint density at radius 2 is 1.88 bits per heavy atom. The molecule has 0 aliphatic carbocycles. The fourth-order valence-corrected chi connectivity index (χ4v) is 1.75. The van der Waals surface area contributed by atoms with E-state index < -0.39 is 11.9 Å². The van der Waals surface area contributed by atoms with Crippen LogP contribution in [0.2, 0.25) is 0 Å². The molecule has 0 saturated carbocycles. The van der Waals surface area contributed by atoms with E-state index in [1.807, 2.05) is 32.0 Å². The summed E-state index contributed by atoms with van der Waals surface area (Å²) in [6, 6.07) is 5.55. The summed E-state index contributed by atoms with van der Waals surface area (Å²) in [5.74, 6) is -2.41. The van der Waals surface area contributed by atoms with E-state index in [9.17, 15) is 9.59 Å². The molecule has 0 unspecified atom stereocenters. The second-order valence-electron chi connectivity index (χ2n) is 3.75. The third-order valence-corrected chi connectivity index (χ3v) is 2.45. The number of carboxylic acids is 1. The van der Waals surface area contributed by atoms with Gasteiger partial charge in [0.25, 0.3) is 0 Å². The Morgan fingerprint density at radius 1 is 1.35 bits per heavy atom. The van der Waals surface area contributed by atoms with E-state index in [4.69, 9.17) is 5.11 Å². The summed E-state index contributed by atoms with van der Waals surface area (Å²) in [6.07, 6.45) is 1.51. The number of benzene rings is 1. The van der Waals surface area contributed by atoms with Crippen molar-refractivity contribution in [1.29, 1.82) is 0 Å². The van der Waals surface area contributed by atoms with Crippen LogP contribution in [0, 0.1) is 13.8 Å². The van der Waals surface area contributed by atoms with Crippen molar-refractivity contribution in [2.75, 3.05) is 11.4 Å². The number of carboxylic acid groups (broad SMARTS) is 1. The fraction of sp³-hybridized carbons (Fsp3) is 0.231. The molecule has 0 atom stereocenters. The van der Waals surface area contributed by atoms with Gasteiger partial charge in [0.05, 0.1) is 5.69 Å². The maximum Gasteiger partial charge on any atom is 0.394 e. The highest BCUT2D eigenvalue weighted by Gasteiger charge is 2.23. The van der Waals surface area contributed by atoms with E-state index in [-0.39, 0.29) is 6.54 Å². The first-order valence-corrected chi connectivity index (χ1v) is 5.21. The second-order valence-corrected chi connectivity index (χ2v) is 3.75. The van der Waals surface area contributed by atoms with E-state index in [0.717, 1.165) is 11.1 Å². The highest BCUT2D eigenvalue weighted by atomic mass is 16.4. The zero-order chi connectivity index (χ0) is 13.0. The molecule has 0 heterocycles. The molecular formula is C13H15NO3. The summed E-state index contributed by atoms with van der Waals surface area (Å²) >= 11 is 0. The monoisotopic (exact) mass is 233 g/mol. The van der Waals surface area contributed by atoms with Gasteiger partial charge in [0.1, 0.15) is 0 Å². The number of aliphatic carboxylic acids is 1. The van der Waals surface area contributed by atoms with Crippen LogP contribution in [0.5, 0.6) is 0 Å². The minimum Gasteiger partial charge on any atom is -0.474 e. The van der Waals surface area contributed by atoms with E-state index >= 15 is 0 Å². The molecule has 0 aliphatic rings. The molecule has 1 aromatic rings. The van der Waals surface area contributed by atoms with Crippen LogP contribution >= 0.6 is 0 Å². The van der Waals surface area contributed by atoms with Gasteiger partial charge in [-0.1, -0.05) is 24.3 Å². The molecule has 90 valence electrons. The lowest BCUT2D eigenvalue weighted by Gasteiger charge is -2.23. The van der Waals surface area contributed by atoms with Crippen molar-refractivity contribution in [2.45, 2.75) is 13.8 Å². The zero-order valence-electron chi connectivity index (χ0n) is 9.93. The average molecular weight is 233 g/mol. The number of amides is 1. The lowest BCUT2D eigenvalue weighted by atomic mass is 10.1. The molecule has 17 heavy (non-hydrogen) atoms. The molecule has 0 fully saturated rings. The van der Waals surface area contributed by atoms with Gasteiger partial charge < -0.3 is 5.11 Å². The number of nitrogens with zero attached hydrogens (tertiary/aromatic N) is 1. The van der Waals surface area contributed by atoms with Gasteiger partial charge in [-0.05, 0) is 25.0 Å². The molecule has 1 aromatic carbocycles. The van der Waals surface area contributed by atoms with Gasteiger partial charge in [-0.15, -0.1) is 6.58 Å². The number of anilines is 1. The van der Waals surface area contributed by atoms with Crippen molar-refractivity contribution >= 4 is 17.6 Å².